The third-order valence-electron chi connectivity index (χ3n) is 5.16. The number of esters is 1. The molecule has 0 saturated carbocycles. The average molecular weight is 448 g/mol. The number of amides is 1. The first-order valence-electron chi connectivity index (χ1n) is 10.4. The van der Waals surface area contributed by atoms with E-state index in [4.69, 9.17) is 4.74 Å². The van der Waals surface area contributed by atoms with Crippen molar-refractivity contribution in [2.45, 2.75) is 50.2 Å². The van der Waals surface area contributed by atoms with E-state index in [-0.39, 0.29) is 23.1 Å². The minimum absolute atomic E-state index is 0.0305. The van der Waals surface area contributed by atoms with Crippen molar-refractivity contribution in [1.29, 1.82) is 0 Å². The lowest BCUT2D eigenvalue weighted by Gasteiger charge is -2.19. The average Bonchev–Trinajstić information content (AvgIpc) is 3.38. The molecule has 2 aromatic rings. The number of ether oxygens (including phenoxy) is 1. The van der Waals surface area contributed by atoms with Crippen molar-refractivity contribution < 1.29 is 22.7 Å². The number of carbonyl (C=O) groups excluding carboxylic acids is 2. The molecule has 8 nitrogen and oxygen atoms in total. The summed E-state index contributed by atoms with van der Waals surface area (Å²) in [5.41, 5.74) is 0.964. The minimum atomic E-state index is -3.63. The Kier molecular flexibility index (Phi) is 7.17. The van der Waals surface area contributed by atoms with E-state index in [0.717, 1.165) is 18.4 Å². The number of rotatable bonds is 8. The van der Waals surface area contributed by atoms with Crippen LogP contribution in [0.25, 0.3) is 0 Å². The van der Waals surface area contributed by atoms with Crippen LogP contribution < -0.4 is 5.32 Å². The molecule has 1 unspecified atom stereocenters. The highest BCUT2D eigenvalue weighted by atomic mass is 32.2. The van der Waals surface area contributed by atoms with Gasteiger partial charge in [-0.15, -0.1) is 0 Å². The molecule has 1 amide bonds. The van der Waals surface area contributed by atoms with Crippen LogP contribution in [0.5, 0.6) is 0 Å². The summed E-state index contributed by atoms with van der Waals surface area (Å²) in [6.07, 6.45) is 2.84. The maximum absolute atomic E-state index is 13.0. The molecule has 1 aromatic heterocycles. The van der Waals surface area contributed by atoms with Crippen molar-refractivity contribution in [3.63, 3.8) is 0 Å². The molecule has 31 heavy (non-hydrogen) atoms. The standard InChI is InChI=1S/C22H29N3O5S/c1-16(2)30-21(26)14-19(17-9-5-4-6-10-17)23-22(27)20-13-18(15-24(20)3)31(28,29)25-11-7-8-12-25/h4-6,9-10,13,15-16,19H,7-8,11-12,14H2,1-3H3,(H,23,27). The van der Waals surface area contributed by atoms with Crippen LogP contribution in [0, 0.1) is 0 Å². The molecule has 1 saturated heterocycles. The van der Waals surface area contributed by atoms with E-state index >= 15 is 0 Å². The molecule has 0 bridgehead atoms. The molecular weight excluding hydrogens is 418 g/mol. The maximum Gasteiger partial charge on any atom is 0.308 e. The Labute approximate surface area is 183 Å². The summed E-state index contributed by atoms with van der Waals surface area (Å²) in [6, 6.07) is 9.92. The summed E-state index contributed by atoms with van der Waals surface area (Å²) in [4.78, 5) is 25.4. The van der Waals surface area contributed by atoms with Crippen LogP contribution in [0.1, 0.15) is 55.2 Å². The number of nitrogens with zero attached hydrogens (tertiary/aromatic N) is 2. The normalized spacial score (nSPS) is 15.7. The predicted octanol–water partition coefficient (Wildman–Crippen LogP) is 2.62. The van der Waals surface area contributed by atoms with Crippen molar-refractivity contribution in [3.8, 4) is 0 Å². The highest BCUT2D eigenvalue weighted by molar-refractivity contribution is 7.89. The van der Waals surface area contributed by atoms with Gasteiger partial charge in [-0.3, -0.25) is 9.59 Å². The van der Waals surface area contributed by atoms with Crippen molar-refractivity contribution in [2.75, 3.05) is 13.1 Å². The Hall–Kier alpha value is -2.65. The van der Waals surface area contributed by atoms with Gasteiger partial charge in [-0.25, -0.2) is 8.42 Å². The molecule has 168 valence electrons. The zero-order valence-corrected chi connectivity index (χ0v) is 18.9. The zero-order chi connectivity index (χ0) is 22.6. The Morgan fingerprint density at radius 2 is 1.77 bits per heavy atom. The molecule has 1 aliphatic heterocycles. The number of hydrogen-bond acceptors (Lipinski definition) is 5. The zero-order valence-electron chi connectivity index (χ0n) is 18.1. The van der Waals surface area contributed by atoms with Gasteiger partial charge in [0, 0.05) is 26.3 Å². The summed E-state index contributed by atoms with van der Waals surface area (Å²) in [5, 5.41) is 2.86. The molecule has 2 heterocycles. The monoisotopic (exact) mass is 447 g/mol. The van der Waals surface area contributed by atoms with Crippen molar-refractivity contribution in [3.05, 3.63) is 53.9 Å². The number of benzene rings is 1. The molecule has 0 radical (unpaired) electrons. The molecule has 1 aromatic carbocycles. The number of aryl methyl sites for hydroxylation is 1. The van der Waals surface area contributed by atoms with Crippen LogP contribution in [0.15, 0.2) is 47.5 Å². The number of aromatic nitrogens is 1. The van der Waals surface area contributed by atoms with Gasteiger partial charge in [-0.1, -0.05) is 30.3 Å². The second kappa shape index (κ2) is 9.65. The summed E-state index contributed by atoms with van der Waals surface area (Å²) >= 11 is 0. The van der Waals surface area contributed by atoms with Crippen LogP contribution in [0.4, 0.5) is 0 Å². The lowest BCUT2D eigenvalue weighted by atomic mass is 10.0. The van der Waals surface area contributed by atoms with Gasteiger partial charge in [-0.05, 0) is 38.3 Å². The first-order chi connectivity index (χ1) is 14.7. The smallest absolute Gasteiger partial charge is 0.308 e. The Morgan fingerprint density at radius 3 is 2.39 bits per heavy atom. The first-order valence-corrected chi connectivity index (χ1v) is 11.8. The molecule has 3 rings (SSSR count). The Balaban J connectivity index is 1.81. The van der Waals surface area contributed by atoms with E-state index in [9.17, 15) is 18.0 Å². The van der Waals surface area contributed by atoms with Gasteiger partial charge in [0.05, 0.1) is 18.6 Å². The lowest BCUT2D eigenvalue weighted by Crippen LogP contribution is -2.32. The molecule has 0 spiro atoms. The lowest BCUT2D eigenvalue weighted by molar-refractivity contribution is -0.147. The molecule has 1 N–H and O–H groups in total. The topological polar surface area (TPSA) is 97.7 Å². The van der Waals surface area contributed by atoms with Gasteiger partial charge in [0.2, 0.25) is 10.0 Å². The van der Waals surface area contributed by atoms with E-state index in [1.165, 1.54) is 21.1 Å². The minimum Gasteiger partial charge on any atom is -0.463 e. The van der Waals surface area contributed by atoms with E-state index in [1.807, 2.05) is 30.3 Å². The molecule has 1 atom stereocenters. The van der Waals surface area contributed by atoms with Crippen LogP contribution in [0.2, 0.25) is 0 Å². The van der Waals surface area contributed by atoms with Crippen molar-refractivity contribution in [1.82, 2.24) is 14.2 Å². The third kappa shape index (κ3) is 5.54. The highest BCUT2D eigenvalue weighted by Gasteiger charge is 2.30. The van der Waals surface area contributed by atoms with Gasteiger partial charge in [-0.2, -0.15) is 4.31 Å². The van der Waals surface area contributed by atoms with E-state index in [2.05, 4.69) is 5.32 Å². The van der Waals surface area contributed by atoms with Crippen LogP contribution >= 0.6 is 0 Å². The van der Waals surface area contributed by atoms with Gasteiger partial charge >= 0.3 is 5.97 Å². The summed E-state index contributed by atoms with van der Waals surface area (Å²) in [5.74, 6) is -0.884. The molecule has 0 aliphatic carbocycles. The van der Waals surface area contributed by atoms with Gasteiger partial charge < -0.3 is 14.6 Å². The molecule has 1 fully saturated rings. The fourth-order valence-electron chi connectivity index (χ4n) is 3.63. The molecular formula is C22H29N3O5S. The maximum atomic E-state index is 13.0. The summed E-state index contributed by atoms with van der Waals surface area (Å²) < 4.78 is 33.8. The van der Waals surface area contributed by atoms with Gasteiger partial charge in [0.15, 0.2) is 0 Å². The number of nitrogens with one attached hydrogen (secondary N) is 1. The third-order valence-corrected chi connectivity index (χ3v) is 7.02. The quantitative estimate of drug-likeness (QED) is 0.628. The van der Waals surface area contributed by atoms with Crippen molar-refractivity contribution >= 4 is 21.9 Å². The number of carbonyl (C=O) groups is 2. The van der Waals surface area contributed by atoms with E-state index in [1.54, 1.807) is 20.9 Å². The summed E-state index contributed by atoms with van der Waals surface area (Å²) in [7, 11) is -2.00. The first kappa shape index (κ1) is 23.0. The second-order valence-corrected chi connectivity index (χ2v) is 9.90. The second-order valence-electron chi connectivity index (χ2n) is 7.96. The number of sulfonamides is 1. The predicted molar refractivity (Wildman–Crippen MR) is 116 cm³/mol. The fourth-order valence-corrected chi connectivity index (χ4v) is 5.21. The SMILES string of the molecule is CC(C)OC(=O)CC(NC(=O)c1cc(S(=O)(=O)N2CCCC2)cn1C)c1ccccc1. The Bertz CT molecular complexity index is 1020. The van der Waals surface area contributed by atoms with Crippen LogP contribution in [0.3, 0.4) is 0 Å². The van der Waals surface area contributed by atoms with Gasteiger partial charge in [0.25, 0.3) is 5.91 Å². The van der Waals surface area contributed by atoms with Crippen molar-refractivity contribution in [2.24, 2.45) is 7.05 Å². The van der Waals surface area contributed by atoms with E-state index in [0.29, 0.717) is 13.1 Å². The molecule has 9 heteroatoms. The van der Waals surface area contributed by atoms with E-state index < -0.39 is 27.9 Å². The molecule has 1 aliphatic rings. The Morgan fingerprint density at radius 1 is 1.13 bits per heavy atom. The summed E-state index contributed by atoms with van der Waals surface area (Å²) in [6.45, 7) is 4.51. The van der Waals surface area contributed by atoms with Crippen LogP contribution in [-0.2, 0) is 26.6 Å². The van der Waals surface area contributed by atoms with Gasteiger partial charge in [0.1, 0.15) is 10.6 Å². The largest absolute Gasteiger partial charge is 0.463 e. The number of hydrogen-bond donors (Lipinski definition) is 1. The highest BCUT2D eigenvalue weighted by Crippen LogP contribution is 2.24. The van der Waals surface area contributed by atoms with Crippen LogP contribution in [-0.4, -0.2) is 48.4 Å². The fraction of sp³-hybridized carbons (Fsp3) is 0.455.